The van der Waals surface area contributed by atoms with E-state index in [1.165, 1.54) is 0 Å². The van der Waals surface area contributed by atoms with Crippen molar-refractivity contribution in [1.29, 1.82) is 0 Å². The van der Waals surface area contributed by atoms with Crippen LogP contribution in [0.2, 0.25) is 0 Å². The van der Waals surface area contributed by atoms with E-state index in [1.807, 2.05) is 0 Å². The van der Waals surface area contributed by atoms with Gasteiger partial charge in [-0.25, -0.2) is 0 Å². The summed E-state index contributed by atoms with van der Waals surface area (Å²) in [5, 5.41) is 0. The molecule has 0 aromatic carbocycles. The van der Waals surface area contributed by atoms with Crippen LogP contribution >= 0.6 is 0 Å². The maximum atomic E-state index is 0. The molecule has 0 rings (SSSR count). The fourth-order valence-corrected chi connectivity index (χ4v) is 0. The summed E-state index contributed by atoms with van der Waals surface area (Å²) in [7, 11) is 0. The van der Waals surface area contributed by atoms with E-state index in [0.29, 0.717) is 0 Å². The first-order chi connectivity index (χ1) is 0. The van der Waals surface area contributed by atoms with Crippen molar-refractivity contribution in [3.8, 4) is 0 Å². The van der Waals surface area contributed by atoms with Gasteiger partial charge < -0.3 is 0 Å². The van der Waals surface area contributed by atoms with Crippen LogP contribution in [0.5, 0.6) is 0 Å². The van der Waals surface area contributed by atoms with E-state index in [-0.39, 0.29) is 77.2 Å². The SMILES string of the molecule is [GeH5-].[GeH5-].[GeH5-].[Sb+3]. The molecule has 0 aliphatic heterocycles. The zero-order chi connectivity index (χ0) is 0. The predicted octanol–water partition coefficient (Wildman–Crippen LogP) is -5.54. The summed E-state index contributed by atoms with van der Waals surface area (Å²) in [6.07, 6.45) is 0. The van der Waals surface area contributed by atoms with Gasteiger partial charge in [0.15, 0.2) is 0 Å². The predicted molar refractivity (Wildman–Crippen MR) is 43.9 cm³/mol. The van der Waals surface area contributed by atoms with Crippen molar-refractivity contribution >= 4 is 77.2 Å². The third-order valence-corrected chi connectivity index (χ3v) is 0. The molecular weight excluding hydrogens is 340 g/mol. The van der Waals surface area contributed by atoms with Gasteiger partial charge in [-0.05, 0) is 0 Å². The minimum atomic E-state index is 0. The van der Waals surface area contributed by atoms with Gasteiger partial charge in [0, 0.05) is 0 Å². The molecule has 0 fully saturated rings. The minimum Gasteiger partial charge on any atom is 3.00 e. The van der Waals surface area contributed by atoms with Gasteiger partial charge in [0.1, 0.15) is 0 Å². The van der Waals surface area contributed by atoms with Gasteiger partial charge in [-0.1, -0.05) is 0 Å². The second-order valence-corrected chi connectivity index (χ2v) is 0. The number of hydrogen-bond donors (Lipinski definition) is 0. The van der Waals surface area contributed by atoms with Gasteiger partial charge in [-0.15, -0.1) is 0 Å². The molecule has 0 aliphatic carbocycles. The van der Waals surface area contributed by atoms with Gasteiger partial charge in [0.2, 0.25) is 0 Å². The zero-order valence-corrected chi connectivity index (χ0v) is 3.00. The van der Waals surface area contributed by atoms with Crippen LogP contribution in [0, 0.1) is 0 Å². The number of rotatable bonds is 0. The maximum Gasteiger partial charge on any atom is 3.00 e. The van der Waals surface area contributed by atoms with Crippen molar-refractivity contribution in [1.82, 2.24) is 0 Å². The van der Waals surface area contributed by atoms with Crippen molar-refractivity contribution in [3.05, 3.63) is 0 Å². The average molecular weight is 355 g/mol. The summed E-state index contributed by atoms with van der Waals surface area (Å²) in [5.74, 6) is 0. The Bertz CT molecular complexity index is 3.25. The van der Waals surface area contributed by atoms with Crippen molar-refractivity contribution in [2.24, 2.45) is 0 Å². The molecule has 0 atom stereocenters. The Morgan fingerprint density at radius 3 is 0.500 bits per heavy atom. The third-order valence-electron chi connectivity index (χ3n) is 0. The van der Waals surface area contributed by atoms with E-state index in [0.717, 1.165) is 0 Å². The molecule has 0 aromatic rings. The zero-order valence-electron chi connectivity index (χ0n) is 0.447. The van der Waals surface area contributed by atoms with Crippen LogP contribution < -0.4 is 0 Å². The molecule has 0 aromatic heterocycles. The van der Waals surface area contributed by atoms with Crippen molar-refractivity contribution in [3.63, 3.8) is 0 Å². The molecule has 0 saturated carbocycles. The van der Waals surface area contributed by atoms with Crippen LogP contribution in [0.4, 0.5) is 0 Å². The Morgan fingerprint density at radius 1 is 0.500 bits per heavy atom. The van der Waals surface area contributed by atoms with Gasteiger partial charge in [-0.2, -0.15) is 0 Å². The molecular formula is H15Ge3Sb. The Labute approximate surface area is 76.2 Å². The Hall–Kier alpha value is 2.45. The van der Waals surface area contributed by atoms with Gasteiger partial charge in [-0.3, -0.25) is 0 Å². The molecule has 0 saturated heterocycles. The van der Waals surface area contributed by atoms with Crippen molar-refractivity contribution in [2.75, 3.05) is 0 Å². The number of hydrogen-bond acceptors (Lipinski definition) is 0. The molecule has 0 bridgehead atoms. The standard InChI is InChI=1S/3GeH5.Sb/h3*1H5;/q3*-1;+3. The van der Waals surface area contributed by atoms with Crippen molar-refractivity contribution < 1.29 is 0 Å². The summed E-state index contributed by atoms with van der Waals surface area (Å²) >= 11 is 0. The normalized spacial score (nSPS) is 0. The molecule has 0 amide bonds. The molecule has 0 spiro atoms. The molecule has 0 heterocycles. The summed E-state index contributed by atoms with van der Waals surface area (Å²) in [4.78, 5) is 0. The maximum absolute atomic E-state index is 0. The first-order valence-corrected chi connectivity index (χ1v) is 0. The van der Waals surface area contributed by atoms with Gasteiger partial charge >= 0.3 is 77.2 Å². The average Bonchev–Trinajstić information content (AvgIpc) is 0. The van der Waals surface area contributed by atoms with Crippen LogP contribution in [0.25, 0.3) is 0 Å². The summed E-state index contributed by atoms with van der Waals surface area (Å²) in [5.41, 5.74) is 0. The minimum absolute atomic E-state index is 0. The molecule has 2 radical (unpaired) electrons. The van der Waals surface area contributed by atoms with Crippen molar-refractivity contribution in [2.45, 2.75) is 0 Å². The van der Waals surface area contributed by atoms with Crippen LogP contribution in [0.15, 0.2) is 0 Å². The molecule has 4 heteroatoms. The molecule has 0 aliphatic rings. The second-order valence-electron chi connectivity index (χ2n) is 0. The van der Waals surface area contributed by atoms with E-state index in [2.05, 4.69) is 0 Å². The van der Waals surface area contributed by atoms with Crippen LogP contribution in [0.1, 0.15) is 0 Å². The fourth-order valence-electron chi connectivity index (χ4n) is 0. The van der Waals surface area contributed by atoms with E-state index < -0.39 is 0 Å². The molecule has 4 heavy (non-hydrogen) atoms. The molecule has 0 N–H and O–H groups in total. The van der Waals surface area contributed by atoms with E-state index in [4.69, 9.17) is 0 Å². The fraction of sp³-hybridized carbons (Fsp3) is 0. The monoisotopic (exact) mass is 358 g/mol. The third kappa shape index (κ3) is 8.82. The second kappa shape index (κ2) is 18.0. The largest absolute Gasteiger partial charge is 3.00 e. The quantitative estimate of drug-likeness (QED) is 0.381. The van der Waals surface area contributed by atoms with E-state index >= 15 is 0 Å². The van der Waals surface area contributed by atoms with E-state index in [1.54, 1.807) is 0 Å². The summed E-state index contributed by atoms with van der Waals surface area (Å²) in [6.45, 7) is 0. The Kier molecular flexibility index (Phi) is 144. The first kappa shape index (κ1) is 31.9. The first-order valence-electron chi connectivity index (χ1n) is 0. The molecule has 32 valence electrons. The Balaban J connectivity index is 0. The smallest absolute Gasteiger partial charge is 3.00 e. The van der Waals surface area contributed by atoms with Gasteiger partial charge in [0.25, 0.3) is 0 Å². The molecule has 0 nitrogen and oxygen atoms in total. The van der Waals surface area contributed by atoms with Crippen LogP contribution in [-0.2, 0) is 0 Å². The topological polar surface area (TPSA) is 0 Å². The summed E-state index contributed by atoms with van der Waals surface area (Å²) in [6, 6.07) is 0. The summed E-state index contributed by atoms with van der Waals surface area (Å²) < 4.78 is 0. The molecule has 0 unspecified atom stereocenters. The Morgan fingerprint density at radius 2 is 0.500 bits per heavy atom. The van der Waals surface area contributed by atoms with Crippen LogP contribution in [0.3, 0.4) is 0 Å². The van der Waals surface area contributed by atoms with Gasteiger partial charge in [0.05, 0.1) is 0 Å². The van der Waals surface area contributed by atoms with Crippen LogP contribution in [-0.4, -0.2) is 77.2 Å². The van der Waals surface area contributed by atoms with E-state index in [9.17, 15) is 0 Å².